The predicted octanol–water partition coefficient (Wildman–Crippen LogP) is 3.51. The van der Waals surface area contributed by atoms with Crippen LogP contribution < -0.4 is 10.6 Å². The highest BCUT2D eigenvalue weighted by atomic mass is 32.1. The molecule has 0 radical (unpaired) electrons. The summed E-state index contributed by atoms with van der Waals surface area (Å²) in [6, 6.07) is 11.1. The molecule has 0 fully saturated rings. The van der Waals surface area contributed by atoms with Crippen molar-refractivity contribution < 1.29 is 9.59 Å². The second-order valence-electron chi connectivity index (χ2n) is 6.25. The first kappa shape index (κ1) is 17.9. The fourth-order valence-electron chi connectivity index (χ4n) is 2.83. The normalized spacial score (nSPS) is 10.8. The number of fused-ring (bicyclic) bond motifs is 1. The fourth-order valence-corrected chi connectivity index (χ4v) is 3.63. The monoisotopic (exact) mass is 391 g/mol. The van der Waals surface area contributed by atoms with Crippen LogP contribution in [-0.2, 0) is 6.54 Å². The molecule has 0 aliphatic rings. The second-order valence-corrected chi connectivity index (χ2v) is 7.10. The van der Waals surface area contributed by atoms with E-state index < -0.39 is 0 Å². The number of amides is 2. The molecule has 0 saturated carbocycles. The van der Waals surface area contributed by atoms with Crippen molar-refractivity contribution in [3.63, 3.8) is 0 Å². The van der Waals surface area contributed by atoms with Gasteiger partial charge in [0.25, 0.3) is 11.8 Å². The summed E-state index contributed by atoms with van der Waals surface area (Å²) in [6.07, 6.45) is 2.89. The number of anilines is 1. The first-order valence-corrected chi connectivity index (χ1v) is 9.49. The number of H-pyrrole nitrogens is 1. The minimum atomic E-state index is -0.310. The Kier molecular flexibility index (Phi) is 4.86. The molecule has 0 saturated heterocycles. The molecular formula is C20H17N5O2S. The summed E-state index contributed by atoms with van der Waals surface area (Å²) in [4.78, 5) is 35.7. The molecule has 2 heterocycles. The van der Waals surface area contributed by atoms with Crippen LogP contribution in [-0.4, -0.2) is 26.8 Å². The number of carbonyl (C=O) groups is 2. The summed E-state index contributed by atoms with van der Waals surface area (Å²) in [7, 11) is 0. The third-order valence-electron chi connectivity index (χ3n) is 4.37. The van der Waals surface area contributed by atoms with Gasteiger partial charge < -0.3 is 15.6 Å². The topological polar surface area (TPSA) is 99.8 Å². The number of hydrogen-bond donors (Lipinski definition) is 3. The zero-order valence-electron chi connectivity index (χ0n) is 15.0. The Bertz CT molecular complexity index is 1150. The van der Waals surface area contributed by atoms with Crippen molar-refractivity contribution >= 4 is 39.1 Å². The van der Waals surface area contributed by atoms with E-state index in [0.29, 0.717) is 23.5 Å². The number of nitrogens with one attached hydrogen (secondary N) is 3. The van der Waals surface area contributed by atoms with E-state index in [4.69, 9.17) is 0 Å². The van der Waals surface area contributed by atoms with Crippen LogP contribution in [0.1, 0.15) is 32.0 Å². The number of carbonyl (C=O) groups excluding carboxylic acids is 2. The lowest BCUT2D eigenvalue weighted by molar-refractivity contribution is 0.0949. The van der Waals surface area contributed by atoms with Crippen LogP contribution >= 0.6 is 11.3 Å². The van der Waals surface area contributed by atoms with Crippen molar-refractivity contribution in [1.82, 2.24) is 20.3 Å². The summed E-state index contributed by atoms with van der Waals surface area (Å²) in [5.74, 6) is -0.520. The third kappa shape index (κ3) is 3.63. The van der Waals surface area contributed by atoms with Crippen molar-refractivity contribution in [3.8, 4) is 0 Å². The molecule has 4 rings (SSSR count). The van der Waals surface area contributed by atoms with Gasteiger partial charge in [-0.05, 0) is 36.2 Å². The molecule has 3 N–H and O–H groups in total. The van der Waals surface area contributed by atoms with Crippen LogP contribution in [0.3, 0.4) is 0 Å². The predicted molar refractivity (Wildman–Crippen MR) is 109 cm³/mol. The van der Waals surface area contributed by atoms with E-state index in [2.05, 4.69) is 25.6 Å². The summed E-state index contributed by atoms with van der Waals surface area (Å²) in [6.45, 7) is 2.27. The molecule has 7 nitrogen and oxygen atoms in total. The zero-order chi connectivity index (χ0) is 19.5. The molecule has 0 unspecified atom stereocenters. The molecule has 0 bridgehead atoms. The van der Waals surface area contributed by atoms with Gasteiger partial charge in [0.05, 0.1) is 28.3 Å². The van der Waals surface area contributed by atoms with E-state index in [1.165, 1.54) is 12.5 Å². The van der Waals surface area contributed by atoms with Gasteiger partial charge in [0, 0.05) is 17.8 Å². The SMILES string of the molecule is Cc1ccc(C(=O)NCc2cccc3ncsc23)cc1NC(=O)c1cnc[nH]1. The summed E-state index contributed by atoms with van der Waals surface area (Å²) in [5.41, 5.74) is 6.01. The minimum absolute atomic E-state index is 0.210. The average molecular weight is 391 g/mol. The van der Waals surface area contributed by atoms with E-state index in [1.807, 2.05) is 25.1 Å². The third-order valence-corrected chi connectivity index (χ3v) is 5.29. The van der Waals surface area contributed by atoms with Gasteiger partial charge in [-0.25, -0.2) is 9.97 Å². The lowest BCUT2D eigenvalue weighted by Gasteiger charge is -2.11. The number of aromatic nitrogens is 3. The molecule has 8 heteroatoms. The van der Waals surface area contributed by atoms with Gasteiger partial charge >= 0.3 is 0 Å². The first-order valence-electron chi connectivity index (χ1n) is 8.61. The van der Waals surface area contributed by atoms with Crippen LogP contribution in [0.5, 0.6) is 0 Å². The number of hydrogen-bond acceptors (Lipinski definition) is 5. The highest BCUT2D eigenvalue weighted by molar-refractivity contribution is 7.16. The van der Waals surface area contributed by atoms with E-state index in [1.54, 1.807) is 35.0 Å². The maximum Gasteiger partial charge on any atom is 0.273 e. The van der Waals surface area contributed by atoms with Crippen molar-refractivity contribution in [2.45, 2.75) is 13.5 Å². The Morgan fingerprint density at radius 2 is 2.07 bits per heavy atom. The van der Waals surface area contributed by atoms with Crippen LogP contribution in [0.25, 0.3) is 10.2 Å². The molecule has 0 aliphatic carbocycles. The van der Waals surface area contributed by atoms with Crippen molar-refractivity contribution in [3.05, 3.63) is 76.8 Å². The highest BCUT2D eigenvalue weighted by Crippen LogP contribution is 2.22. The summed E-state index contributed by atoms with van der Waals surface area (Å²) >= 11 is 1.55. The molecule has 28 heavy (non-hydrogen) atoms. The van der Waals surface area contributed by atoms with Gasteiger partial charge in [-0.2, -0.15) is 0 Å². The van der Waals surface area contributed by atoms with Gasteiger partial charge in [-0.3, -0.25) is 9.59 Å². The van der Waals surface area contributed by atoms with Gasteiger partial charge in [0.15, 0.2) is 0 Å². The largest absolute Gasteiger partial charge is 0.348 e. The number of rotatable bonds is 5. The Morgan fingerprint density at radius 3 is 2.89 bits per heavy atom. The molecule has 2 amide bonds. The Labute approximate surface area is 164 Å². The molecule has 0 aliphatic heterocycles. The Morgan fingerprint density at radius 1 is 1.18 bits per heavy atom. The lowest BCUT2D eigenvalue weighted by atomic mass is 10.1. The van der Waals surface area contributed by atoms with Gasteiger partial charge in [-0.15, -0.1) is 11.3 Å². The Balaban J connectivity index is 1.48. The van der Waals surface area contributed by atoms with Crippen molar-refractivity contribution in [2.75, 3.05) is 5.32 Å². The van der Waals surface area contributed by atoms with Crippen LogP contribution in [0, 0.1) is 6.92 Å². The molecule has 4 aromatic rings. The second kappa shape index (κ2) is 7.61. The van der Waals surface area contributed by atoms with Gasteiger partial charge in [0.2, 0.25) is 0 Å². The van der Waals surface area contributed by atoms with Crippen LogP contribution in [0.2, 0.25) is 0 Å². The average Bonchev–Trinajstić information content (AvgIpc) is 3.39. The standard InChI is InChI=1S/C20H17N5O2S/c1-12-5-6-13(7-16(12)25-20(27)17-9-21-10-23-17)19(26)22-8-14-3-2-4-15-18(14)28-11-24-15/h2-7,9-11H,8H2,1H3,(H,21,23)(H,22,26)(H,25,27). The molecule has 2 aromatic carbocycles. The van der Waals surface area contributed by atoms with Crippen LogP contribution in [0.4, 0.5) is 5.69 Å². The maximum absolute atomic E-state index is 12.6. The number of benzene rings is 2. The smallest absolute Gasteiger partial charge is 0.273 e. The van der Waals surface area contributed by atoms with Gasteiger partial charge in [0.1, 0.15) is 5.69 Å². The number of nitrogens with zero attached hydrogens (tertiary/aromatic N) is 2. The van der Waals surface area contributed by atoms with E-state index in [9.17, 15) is 9.59 Å². The summed E-state index contributed by atoms with van der Waals surface area (Å²) in [5, 5.41) is 5.74. The minimum Gasteiger partial charge on any atom is -0.348 e. The Hall–Kier alpha value is -3.52. The van der Waals surface area contributed by atoms with Crippen molar-refractivity contribution in [1.29, 1.82) is 0 Å². The zero-order valence-corrected chi connectivity index (χ0v) is 15.8. The number of aromatic amines is 1. The highest BCUT2D eigenvalue weighted by Gasteiger charge is 2.13. The molecule has 2 aromatic heterocycles. The van der Waals surface area contributed by atoms with Gasteiger partial charge in [-0.1, -0.05) is 18.2 Å². The van der Waals surface area contributed by atoms with E-state index in [0.717, 1.165) is 21.3 Å². The van der Waals surface area contributed by atoms with Crippen molar-refractivity contribution in [2.24, 2.45) is 0 Å². The fraction of sp³-hybridized carbons (Fsp3) is 0.100. The molecule has 0 spiro atoms. The molecule has 140 valence electrons. The quantitative estimate of drug-likeness (QED) is 0.485. The molecule has 0 atom stereocenters. The number of thiazole rings is 1. The number of imidazole rings is 1. The first-order chi connectivity index (χ1) is 13.6. The lowest BCUT2D eigenvalue weighted by Crippen LogP contribution is -2.23. The van der Waals surface area contributed by atoms with E-state index in [-0.39, 0.29) is 11.8 Å². The van der Waals surface area contributed by atoms with Crippen LogP contribution in [0.15, 0.2) is 54.4 Å². The summed E-state index contributed by atoms with van der Waals surface area (Å²) < 4.78 is 1.07. The number of aryl methyl sites for hydroxylation is 1. The molecular weight excluding hydrogens is 374 g/mol. The maximum atomic E-state index is 12.6. The van der Waals surface area contributed by atoms with E-state index >= 15 is 0 Å².